The molecule has 0 aliphatic carbocycles. The number of rotatable bonds is 0. The lowest BCUT2D eigenvalue weighted by Crippen LogP contribution is -1.87. The average molecular weight is 82.1 g/mol. The van der Waals surface area contributed by atoms with Crippen LogP contribution in [0, 0.1) is 12.0 Å². The first kappa shape index (κ1) is 5.23. The van der Waals surface area contributed by atoms with Crippen molar-refractivity contribution < 1.29 is 4.58 Å². The summed E-state index contributed by atoms with van der Waals surface area (Å²) in [4.78, 5) is 0. The Labute approximate surface area is 38.3 Å². The predicted octanol–water partition coefficient (Wildman–Crippen LogP) is 0.310. The third-order valence-electron chi connectivity index (χ3n) is 0.303. The molecule has 0 aliphatic heterocycles. The predicted molar refractivity (Wildman–Crippen MR) is 26.8 cm³/mol. The Morgan fingerprint density at radius 3 is 2.17 bits per heavy atom. The van der Waals surface area contributed by atoms with Crippen LogP contribution in [0.1, 0.15) is 6.92 Å². The zero-order chi connectivity index (χ0) is 4.99. The highest BCUT2D eigenvalue weighted by molar-refractivity contribution is 5.16. The summed E-state index contributed by atoms with van der Waals surface area (Å²) in [6, 6.07) is 2.68. The lowest BCUT2D eigenvalue weighted by molar-refractivity contribution is -0.389. The van der Waals surface area contributed by atoms with Crippen molar-refractivity contribution in [2.75, 3.05) is 7.05 Å². The molecule has 1 heteroatoms. The van der Waals surface area contributed by atoms with Crippen LogP contribution in [0.25, 0.3) is 0 Å². The Kier molecular flexibility index (Phi) is 2.15. The molecule has 6 heavy (non-hydrogen) atoms. The topological polar surface area (TPSA) is 3.01 Å². The Balaban J connectivity index is 3.50. The fraction of sp³-hybridized carbons (Fsp3) is 0.400. The van der Waals surface area contributed by atoms with Crippen LogP contribution in [0.5, 0.6) is 0 Å². The van der Waals surface area contributed by atoms with Gasteiger partial charge in [-0.25, -0.2) is 0 Å². The summed E-state index contributed by atoms with van der Waals surface area (Å²) in [6.07, 6.45) is 0. The smallest absolute Gasteiger partial charge is 0.160 e. The third kappa shape index (κ3) is 3.23. The molecule has 0 saturated heterocycles. The van der Waals surface area contributed by atoms with E-state index in [0.717, 1.165) is 0 Å². The molecule has 0 bridgehead atoms. The van der Waals surface area contributed by atoms with Gasteiger partial charge in [0.05, 0.1) is 0 Å². The molecule has 0 aromatic rings. The van der Waals surface area contributed by atoms with Gasteiger partial charge in [0.15, 0.2) is 0 Å². The van der Waals surface area contributed by atoms with Crippen molar-refractivity contribution in [3.8, 4) is 12.0 Å². The van der Waals surface area contributed by atoms with Gasteiger partial charge in [0.1, 0.15) is 13.8 Å². The summed E-state index contributed by atoms with van der Waals surface area (Å²) < 4.78 is 1.57. The second kappa shape index (κ2) is 2.47. The van der Waals surface area contributed by atoms with Crippen LogP contribution in [-0.4, -0.2) is 18.3 Å². The van der Waals surface area contributed by atoms with Gasteiger partial charge in [-0.1, -0.05) is 0 Å². The molecule has 0 aliphatic rings. The SMILES string of the molecule is C=[N+](C)C#CC. The number of nitrogens with zero attached hydrogens (tertiary/aromatic N) is 1. The van der Waals surface area contributed by atoms with E-state index < -0.39 is 0 Å². The fourth-order valence-electron chi connectivity index (χ4n) is 0.191. The summed E-state index contributed by atoms with van der Waals surface area (Å²) in [5.41, 5.74) is 0. The van der Waals surface area contributed by atoms with Gasteiger partial charge >= 0.3 is 0 Å². The van der Waals surface area contributed by atoms with Gasteiger partial charge < -0.3 is 0 Å². The molecule has 0 unspecified atom stereocenters. The quantitative estimate of drug-likeness (QED) is 0.171. The molecule has 0 N–H and O–H groups in total. The van der Waals surface area contributed by atoms with Crippen LogP contribution < -0.4 is 0 Å². The molecule has 0 heterocycles. The van der Waals surface area contributed by atoms with Crippen LogP contribution in [0.4, 0.5) is 0 Å². The summed E-state index contributed by atoms with van der Waals surface area (Å²) in [6.45, 7) is 5.27. The first-order valence-corrected chi connectivity index (χ1v) is 1.74. The molecule has 1 nitrogen and oxygen atoms in total. The van der Waals surface area contributed by atoms with Gasteiger partial charge in [0.2, 0.25) is 6.04 Å². The van der Waals surface area contributed by atoms with Crippen molar-refractivity contribution in [1.82, 2.24) is 0 Å². The van der Waals surface area contributed by atoms with Crippen molar-refractivity contribution >= 4 is 6.72 Å². The van der Waals surface area contributed by atoms with Gasteiger partial charge in [0.25, 0.3) is 0 Å². The zero-order valence-corrected chi connectivity index (χ0v) is 4.15. The van der Waals surface area contributed by atoms with E-state index in [2.05, 4.69) is 18.7 Å². The third-order valence-corrected chi connectivity index (χ3v) is 0.303. The van der Waals surface area contributed by atoms with E-state index in [-0.39, 0.29) is 0 Å². The van der Waals surface area contributed by atoms with E-state index in [9.17, 15) is 0 Å². The van der Waals surface area contributed by atoms with Gasteiger partial charge in [-0.3, -0.25) is 0 Å². The molecule has 32 valence electrons. The molecular weight excluding hydrogens is 74.1 g/mol. The second-order valence-corrected chi connectivity index (χ2v) is 1.06. The van der Waals surface area contributed by atoms with E-state index in [1.54, 1.807) is 18.5 Å². The lowest BCUT2D eigenvalue weighted by atomic mass is 10.8. The summed E-state index contributed by atoms with van der Waals surface area (Å²) in [5.74, 6) is 2.68. The van der Waals surface area contributed by atoms with Crippen molar-refractivity contribution in [3.63, 3.8) is 0 Å². The normalized spacial score (nSPS) is 5.67. The Bertz CT molecular complexity index is 103. The minimum absolute atomic E-state index is 1.57. The van der Waals surface area contributed by atoms with E-state index >= 15 is 0 Å². The van der Waals surface area contributed by atoms with Crippen LogP contribution in [0.15, 0.2) is 0 Å². The van der Waals surface area contributed by atoms with Gasteiger partial charge in [-0.2, -0.15) is 4.58 Å². The molecule has 0 fully saturated rings. The van der Waals surface area contributed by atoms with Gasteiger partial charge in [-0.05, 0) is 5.92 Å². The molecule has 0 spiro atoms. The standard InChI is InChI=1S/C5H8N/c1-4-5-6(2)3/h2H2,1,3H3/q+1. The Hall–Kier alpha value is -0.770. The Morgan fingerprint density at radius 1 is 1.67 bits per heavy atom. The largest absolute Gasteiger partial charge is 0.221 e. The Morgan fingerprint density at radius 2 is 2.17 bits per heavy atom. The molecule has 0 atom stereocenters. The maximum atomic E-state index is 3.49. The molecule has 0 rings (SSSR count). The molecule has 0 radical (unpaired) electrons. The summed E-state index contributed by atoms with van der Waals surface area (Å²) in [7, 11) is 1.80. The lowest BCUT2D eigenvalue weighted by Gasteiger charge is -1.65. The maximum Gasteiger partial charge on any atom is 0.221 e. The highest BCUT2D eigenvalue weighted by Crippen LogP contribution is 1.49. The van der Waals surface area contributed by atoms with Crippen molar-refractivity contribution in [3.05, 3.63) is 0 Å². The van der Waals surface area contributed by atoms with Crippen molar-refractivity contribution in [2.24, 2.45) is 0 Å². The monoisotopic (exact) mass is 82.1 g/mol. The average Bonchev–Trinajstić information content (AvgIpc) is 1.35. The molecule has 0 aromatic carbocycles. The van der Waals surface area contributed by atoms with Crippen LogP contribution in [0.3, 0.4) is 0 Å². The second-order valence-electron chi connectivity index (χ2n) is 1.06. The first-order valence-electron chi connectivity index (χ1n) is 1.74. The summed E-state index contributed by atoms with van der Waals surface area (Å²) >= 11 is 0. The minimum Gasteiger partial charge on any atom is -0.160 e. The van der Waals surface area contributed by atoms with Crippen LogP contribution in [0.2, 0.25) is 0 Å². The van der Waals surface area contributed by atoms with Gasteiger partial charge in [-0.15, -0.1) is 0 Å². The highest BCUT2D eigenvalue weighted by atomic mass is 14.9. The molecule has 0 aromatic heterocycles. The molecular formula is C5H8N+. The highest BCUT2D eigenvalue weighted by Gasteiger charge is 1.68. The van der Waals surface area contributed by atoms with Crippen molar-refractivity contribution in [2.45, 2.75) is 6.92 Å². The summed E-state index contributed by atoms with van der Waals surface area (Å²) in [5, 5.41) is 0. The van der Waals surface area contributed by atoms with Crippen molar-refractivity contribution in [1.29, 1.82) is 0 Å². The molecule has 0 saturated carbocycles. The van der Waals surface area contributed by atoms with Crippen LogP contribution in [-0.2, 0) is 0 Å². The number of hydrogen-bond donors (Lipinski definition) is 0. The number of hydrogen-bond acceptors (Lipinski definition) is 0. The first-order chi connectivity index (χ1) is 2.77. The fourth-order valence-corrected chi connectivity index (χ4v) is 0.191. The van der Waals surface area contributed by atoms with E-state index in [1.807, 2.05) is 0 Å². The van der Waals surface area contributed by atoms with E-state index in [4.69, 9.17) is 0 Å². The maximum absolute atomic E-state index is 3.49. The van der Waals surface area contributed by atoms with E-state index in [0.29, 0.717) is 0 Å². The minimum atomic E-state index is 1.57. The zero-order valence-electron chi connectivity index (χ0n) is 4.15. The van der Waals surface area contributed by atoms with Gasteiger partial charge in [0, 0.05) is 6.92 Å². The van der Waals surface area contributed by atoms with Crippen LogP contribution >= 0.6 is 0 Å². The van der Waals surface area contributed by atoms with E-state index in [1.165, 1.54) is 0 Å². The molecule has 0 amide bonds.